The summed E-state index contributed by atoms with van der Waals surface area (Å²) in [6.45, 7) is 2.75. The third kappa shape index (κ3) is 4.82. The number of sulfonamides is 1. The number of aromatic amines is 1. The van der Waals surface area contributed by atoms with Gasteiger partial charge >= 0.3 is 5.69 Å². The van der Waals surface area contributed by atoms with E-state index in [4.69, 9.17) is 0 Å². The van der Waals surface area contributed by atoms with Gasteiger partial charge in [0, 0.05) is 31.2 Å². The maximum absolute atomic E-state index is 12.6. The molecule has 0 unspecified atom stereocenters. The van der Waals surface area contributed by atoms with Gasteiger partial charge in [-0.1, -0.05) is 19.3 Å². The number of nitrogens with one attached hydrogen (secondary N) is 2. The van der Waals surface area contributed by atoms with Crippen LogP contribution in [0.5, 0.6) is 0 Å². The maximum atomic E-state index is 12.6. The van der Waals surface area contributed by atoms with Gasteiger partial charge in [-0.05, 0) is 38.5 Å². The van der Waals surface area contributed by atoms with E-state index < -0.39 is 15.7 Å². The van der Waals surface area contributed by atoms with Crippen LogP contribution in [-0.4, -0.2) is 47.7 Å². The zero-order valence-corrected chi connectivity index (χ0v) is 16.9. The van der Waals surface area contributed by atoms with Crippen LogP contribution in [0.15, 0.2) is 15.7 Å². The van der Waals surface area contributed by atoms with Crippen molar-refractivity contribution < 1.29 is 8.42 Å². The van der Waals surface area contributed by atoms with Crippen molar-refractivity contribution >= 4 is 15.8 Å². The summed E-state index contributed by atoms with van der Waals surface area (Å²) in [5.41, 5.74) is -0.770. The molecular weight excluding hydrogens is 368 g/mol. The average Bonchev–Trinajstić information content (AvgIpc) is 2.61. The van der Waals surface area contributed by atoms with Gasteiger partial charge in [0.1, 0.15) is 5.82 Å². The van der Waals surface area contributed by atoms with Crippen molar-refractivity contribution in [2.75, 3.05) is 24.7 Å². The molecule has 8 nitrogen and oxygen atoms in total. The van der Waals surface area contributed by atoms with Gasteiger partial charge in [0.2, 0.25) is 10.0 Å². The molecule has 0 amide bonds. The first kappa shape index (κ1) is 20.1. The molecule has 152 valence electrons. The molecule has 1 aliphatic carbocycles. The van der Waals surface area contributed by atoms with Gasteiger partial charge in [0.25, 0.3) is 5.56 Å². The summed E-state index contributed by atoms with van der Waals surface area (Å²) in [4.78, 5) is 27.9. The third-order valence-corrected chi connectivity index (χ3v) is 7.27. The fourth-order valence-electron chi connectivity index (χ4n) is 4.36. The second kappa shape index (κ2) is 8.18. The molecule has 27 heavy (non-hydrogen) atoms. The molecule has 1 aromatic rings. The topological polar surface area (TPSA) is 104 Å². The van der Waals surface area contributed by atoms with E-state index in [1.807, 2.05) is 0 Å². The lowest BCUT2D eigenvalue weighted by molar-refractivity contribution is 0.266. The Hall–Kier alpha value is -1.61. The van der Waals surface area contributed by atoms with Crippen LogP contribution < -0.4 is 16.6 Å². The monoisotopic (exact) mass is 398 g/mol. The van der Waals surface area contributed by atoms with Crippen molar-refractivity contribution in [3.63, 3.8) is 0 Å². The molecule has 2 heterocycles. The number of piperidine rings is 1. The summed E-state index contributed by atoms with van der Waals surface area (Å²) >= 11 is 0. The molecule has 2 aliphatic rings. The standard InChI is InChI=1S/C18H30N4O4S/c1-13(14-6-4-3-5-7-14)19-16-12-17(23)22(18(24)20-16)15-8-10-21(11-9-15)27(2,25)26/h12-15,19H,3-11H2,1-2H3,(H,20,24)/t13-/m0/s1. The van der Waals surface area contributed by atoms with E-state index in [2.05, 4.69) is 17.2 Å². The van der Waals surface area contributed by atoms with Gasteiger partial charge < -0.3 is 5.32 Å². The molecule has 1 atom stereocenters. The first-order valence-corrected chi connectivity index (χ1v) is 11.7. The van der Waals surface area contributed by atoms with Crippen molar-refractivity contribution in [3.8, 4) is 0 Å². The molecule has 1 saturated heterocycles. The second-order valence-corrected chi connectivity index (χ2v) is 9.90. The maximum Gasteiger partial charge on any atom is 0.330 e. The lowest BCUT2D eigenvalue weighted by Gasteiger charge is -2.31. The summed E-state index contributed by atoms with van der Waals surface area (Å²) in [5.74, 6) is 1.03. The largest absolute Gasteiger partial charge is 0.369 e. The zero-order chi connectivity index (χ0) is 19.6. The van der Waals surface area contributed by atoms with Gasteiger partial charge in [0.15, 0.2) is 0 Å². The minimum atomic E-state index is -3.23. The molecule has 3 rings (SSSR count). The van der Waals surface area contributed by atoms with Gasteiger partial charge in [-0.3, -0.25) is 14.3 Å². The molecule has 1 aliphatic heterocycles. The smallest absolute Gasteiger partial charge is 0.330 e. The highest BCUT2D eigenvalue weighted by Gasteiger charge is 2.27. The van der Waals surface area contributed by atoms with Crippen molar-refractivity contribution in [1.82, 2.24) is 13.9 Å². The van der Waals surface area contributed by atoms with Crippen LogP contribution >= 0.6 is 0 Å². The van der Waals surface area contributed by atoms with Crippen LogP contribution in [-0.2, 0) is 10.0 Å². The first-order chi connectivity index (χ1) is 12.8. The van der Waals surface area contributed by atoms with Crippen LogP contribution in [0.4, 0.5) is 5.82 Å². The number of anilines is 1. The molecule has 0 bridgehead atoms. The Morgan fingerprint density at radius 2 is 1.74 bits per heavy atom. The summed E-state index contributed by atoms with van der Waals surface area (Å²) in [7, 11) is -3.23. The number of hydrogen-bond donors (Lipinski definition) is 2. The molecule has 2 N–H and O–H groups in total. The van der Waals surface area contributed by atoms with E-state index in [-0.39, 0.29) is 17.6 Å². The van der Waals surface area contributed by atoms with E-state index in [0.717, 1.165) is 0 Å². The molecule has 0 radical (unpaired) electrons. The number of nitrogens with zero attached hydrogens (tertiary/aromatic N) is 2. The Kier molecular flexibility index (Phi) is 6.10. The van der Waals surface area contributed by atoms with Crippen LogP contribution in [0.25, 0.3) is 0 Å². The van der Waals surface area contributed by atoms with E-state index in [1.54, 1.807) is 0 Å². The highest BCUT2D eigenvalue weighted by Crippen LogP contribution is 2.27. The number of aromatic nitrogens is 2. The zero-order valence-electron chi connectivity index (χ0n) is 16.1. The lowest BCUT2D eigenvalue weighted by atomic mass is 9.84. The molecular formula is C18H30N4O4S. The van der Waals surface area contributed by atoms with E-state index in [1.165, 1.54) is 53.3 Å². The van der Waals surface area contributed by atoms with E-state index in [0.29, 0.717) is 37.7 Å². The van der Waals surface area contributed by atoms with Gasteiger partial charge in [-0.25, -0.2) is 17.5 Å². The molecule has 9 heteroatoms. The highest BCUT2D eigenvalue weighted by molar-refractivity contribution is 7.88. The quantitative estimate of drug-likeness (QED) is 0.782. The third-order valence-electron chi connectivity index (χ3n) is 5.96. The summed E-state index contributed by atoms with van der Waals surface area (Å²) in [6, 6.07) is 1.38. The average molecular weight is 399 g/mol. The number of rotatable bonds is 5. The minimum Gasteiger partial charge on any atom is -0.369 e. The summed E-state index contributed by atoms with van der Waals surface area (Å²) in [5, 5.41) is 3.29. The SMILES string of the molecule is C[C@H](Nc1cc(=O)n(C2CCN(S(C)(=O)=O)CC2)c(=O)[nH]1)C1CCCCC1. The Labute approximate surface area is 160 Å². The molecule has 0 aromatic carbocycles. The second-order valence-electron chi connectivity index (χ2n) is 7.92. The molecule has 1 saturated carbocycles. The Balaban J connectivity index is 1.70. The Morgan fingerprint density at radius 3 is 2.30 bits per heavy atom. The van der Waals surface area contributed by atoms with Gasteiger partial charge in [-0.2, -0.15) is 0 Å². The molecule has 2 fully saturated rings. The normalized spacial score (nSPS) is 21.9. The van der Waals surface area contributed by atoms with Crippen molar-refractivity contribution in [2.24, 2.45) is 5.92 Å². The Morgan fingerprint density at radius 1 is 1.11 bits per heavy atom. The van der Waals surface area contributed by atoms with Crippen molar-refractivity contribution in [3.05, 3.63) is 26.9 Å². The van der Waals surface area contributed by atoms with Gasteiger partial charge in [-0.15, -0.1) is 0 Å². The van der Waals surface area contributed by atoms with Crippen molar-refractivity contribution in [1.29, 1.82) is 0 Å². The Bertz CT molecular complexity index is 831. The number of hydrogen-bond acceptors (Lipinski definition) is 5. The summed E-state index contributed by atoms with van der Waals surface area (Å²) < 4.78 is 25.9. The minimum absolute atomic E-state index is 0.203. The predicted octanol–water partition coefficient (Wildman–Crippen LogP) is 1.51. The fraction of sp³-hybridized carbons (Fsp3) is 0.778. The van der Waals surface area contributed by atoms with Gasteiger partial charge in [0.05, 0.1) is 6.26 Å². The van der Waals surface area contributed by atoms with Crippen LogP contribution in [0.1, 0.15) is 57.9 Å². The molecule has 0 spiro atoms. The molecule has 1 aromatic heterocycles. The lowest BCUT2D eigenvalue weighted by Crippen LogP contribution is -2.45. The number of H-pyrrole nitrogens is 1. The predicted molar refractivity (Wildman–Crippen MR) is 106 cm³/mol. The van der Waals surface area contributed by atoms with Crippen LogP contribution in [0, 0.1) is 5.92 Å². The van der Waals surface area contributed by atoms with E-state index in [9.17, 15) is 18.0 Å². The van der Waals surface area contributed by atoms with E-state index >= 15 is 0 Å². The van der Waals surface area contributed by atoms with Crippen molar-refractivity contribution in [2.45, 2.75) is 64.0 Å². The first-order valence-electron chi connectivity index (χ1n) is 9.83. The summed E-state index contributed by atoms with van der Waals surface area (Å²) in [6.07, 6.45) is 8.21. The van der Waals surface area contributed by atoms with Crippen LogP contribution in [0.2, 0.25) is 0 Å². The van der Waals surface area contributed by atoms with Crippen LogP contribution in [0.3, 0.4) is 0 Å². The fourth-order valence-corrected chi connectivity index (χ4v) is 5.23. The highest BCUT2D eigenvalue weighted by atomic mass is 32.2.